The highest BCUT2D eigenvalue weighted by Gasteiger charge is 2.24. The normalized spacial score (nSPS) is 22.1. The van der Waals surface area contributed by atoms with Crippen LogP contribution in [0.4, 0.5) is 0 Å². The summed E-state index contributed by atoms with van der Waals surface area (Å²) in [6.07, 6.45) is -0.368. The van der Waals surface area contributed by atoms with Gasteiger partial charge in [-0.1, -0.05) is 60.1 Å². The van der Waals surface area contributed by atoms with E-state index < -0.39 is 0 Å². The van der Waals surface area contributed by atoms with Gasteiger partial charge in [-0.25, -0.2) is 0 Å². The summed E-state index contributed by atoms with van der Waals surface area (Å²) in [5.74, 6) is 0. The van der Waals surface area contributed by atoms with Gasteiger partial charge in [-0.3, -0.25) is 0 Å². The molecule has 0 amide bonds. The Labute approximate surface area is 129 Å². The average Bonchev–Trinajstić information content (AvgIpc) is 2.55. The third-order valence-electron chi connectivity index (χ3n) is 3.37. The van der Waals surface area contributed by atoms with E-state index in [1.807, 2.05) is 54.6 Å². The second-order valence-corrected chi connectivity index (χ2v) is 5.34. The molecule has 0 bridgehead atoms. The fourth-order valence-corrected chi connectivity index (χ4v) is 2.40. The van der Waals surface area contributed by atoms with Crippen molar-refractivity contribution in [3.05, 3.63) is 70.7 Å². The Bertz CT molecular complexity index is 565. The van der Waals surface area contributed by atoms with E-state index >= 15 is 0 Å². The standard InChI is InChI=1S/C17H17ClO3/c18-16-9-5-4-8-14(16)10-19-15-11-20-17(21-12-15)13-6-2-1-3-7-13/h1-9,15,17H,10-12H2/t15-,17+. The van der Waals surface area contributed by atoms with E-state index in [-0.39, 0.29) is 12.4 Å². The van der Waals surface area contributed by atoms with Gasteiger partial charge in [0, 0.05) is 10.6 Å². The van der Waals surface area contributed by atoms with E-state index in [2.05, 4.69) is 0 Å². The number of hydrogen-bond donors (Lipinski definition) is 0. The summed E-state index contributed by atoms with van der Waals surface area (Å²) < 4.78 is 17.2. The Balaban J connectivity index is 1.49. The highest BCUT2D eigenvalue weighted by molar-refractivity contribution is 6.31. The van der Waals surface area contributed by atoms with Gasteiger partial charge in [0.15, 0.2) is 6.29 Å². The zero-order chi connectivity index (χ0) is 14.5. The minimum Gasteiger partial charge on any atom is -0.369 e. The van der Waals surface area contributed by atoms with E-state index in [9.17, 15) is 0 Å². The van der Waals surface area contributed by atoms with Gasteiger partial charge in [-0.15, -0.1) is 0 Å². The molecule has 0 N–H and O–H groups in total. The summed E-state index contributed by atoms with van der Waals surface area (Å²) in [7, 11) is 0. The molecule has 0 atom stereocenters. The number of benzene rings is 2. The lowest BCUT2D eigenvalue weighted by molar-refractivity contribution is -0.232. The number of rotatable bonds is 4. The molecule has 1 aliphatic heterocycles. The number of ether oxygens (including phenoxy) is 3. The first-order chi connectivity index (χ1) is 10.3. The Kier molecular flexibility index (Phi) is 4.88. The maximum atomic E-state index is 6.10. The zero-order valence-electron chi connectivity index (χ0n) is 11.6. The van der Waals surface area contributed by atoms with Crippen LogP contribution in [0.3, 0.4) is 0 Å². The average molecular weight is 305 g/mol. The molecule has 1 fully saturated rings. The first-order valence-corrected chi connectivity index (χ1v) is 7.34. The molecule has 3 rings (SSSR count). The van der Waals surface area contributed by atoms with E-state index in [0.29, 0.717) is 19.8 Å². The van der Waals surface area contributed by atoms with Gasteiger partial charge >= 0.3 is 0 Å². The summed E-state index contributed by atoms with van der Waals surface area (Å²) in [6.45, 7) is 1.50. The van der Waals surface area contributed by atoms with Gasteiger partial charge in [0.25, 0.3) is 0 Å². The van der Waals surface area contributed by atoms with Gasteiger partial charge in [0.1, 0.15) is 6.10 Å². The highest BCUT2D eigenvalue weighted by atomic mass is 35.5. The van der Waals surface area contributed by atoms with Crippen LogP contribution in [0, 0.1) is 0 Å². The van der Waals surface area contributed by atoms with Crippen LogP contribution in [0.1, 0.15) is 17.4 Å². The maximum absolute atomic E-state index is 6.10. The molecule has 110 valence electrons. The van der Waals surface area contributed by atoms with Crippen molar-refractivity contribution in [3.63, 3.8) is 0 Å². The minimum atomic E-state index is -0.300. The van der Waals surface area contributed by atoms with Gasteiger partial charge in [-0.2, -0.15) is 0 Å². The molecule has 2 aromatic carbocycles. The quantitative estimate of drug-likeness (QED) is 0.855. The summed E-state index contributed by atoms with van der Waals surface area (Å²) >= 11 is 6.10. The van der Waals surface area contributed by atoms with Gasteiger partial charge in [0.05, 0.1) is 19.8 Å². The molecule has 0 saturated carbocycles. The molecule has 4 heteroatoms. The van der Waals surface area contributed by atoms with Crippen LogP contribution in [0.25, 0.3) is 0 Å². The van der Waals surface area contributed by atoms with Gasteiger partial charge < -0.3 is 14.2 Å². The lowest BCUT2D eigenvalue weighted by Crippen LogP contribution is -2.33. The number of halogens is 1. The van der Waals surface area contributed by atoms with Crippen LogP contribution < -0.4 is 0 Å². The summed E-state index contributed by atoms with van der Waals surface area (Å²) in [5, 5.41) is 0.720. The largest absolute Gasteiger partial charge is 0.369 e. The molecule has 0 spiro atoms. The van der Waals surface area contributed by atoms with Crippen LogP contribution in [-0.2, 0) is 20.8 Å². The molecule has 0 aromatic heterocycles. The molecular weight excluding hydrogens is 288 g/mol. The lowest BCUT2D eigenvalue weighted by atomic mass is 10.2. The van der Waals surface area contributed by atoms with E-state index in [1.54, 1.807) is 0 Å². The van der Waals surface area contributed by atoms with Crippen LogP contribution in [0.5, 0.6) is 0 Å². The zero-order valence-corrected chi connectivity index (χ0v) is 12.3. The Morgan fingerprint density at radius 3 is 2.33 bits per heavy atom. The maximum Gasteiger partial charge on any atom is 0.184 e. The third-order valence-corrected chi connectivity index (χ3v) is 3.74. The van der Waals surface area contributed by atoms with Crippen molar-refractivity contribution < 1.29 is 14.2 Å². The SMILES string of the molecule is Clc1ccccc1CO[C@H]1CO[C@@H](c2ccccc2)OC1. The Hall–Kier alpha value is -1.39. The second-order valence-electron chi connectivity index (χ2n) is 4.93. The summed E-state index contributed by atoms with van der Waals surface area (Å²) in [6, 6.07) is 17.6. The Morgan fingerprint density at radius 1 is 0.952 bits per heavy atom. The molecule has 2 aromatic rings. The highest BCUT2D eigenvalue weighted by Crippen LogP contribution is 2.24. The van der Waals surface area contributed by atoms with Crippen molar-refractivity contribution in [2.75, 3.05) is 13.2 Å². The second kappa shape index (κ2) is 7.05. The topological polar surface area (TPSA) is 27.7 Å². The molecular formula is C17H17ClO3. The lowest BCUT2D eigenvalue weighted by Gasteiger charge is -2.29. The fraction of sp³-hybridized carbons (Fsp3) is 0.294. The first-order valence-electron chi connectivity index (χ1n) is 6.96. The summed E-state index contributed by atoms with van der Waals surface area (Å²) in [5.41, 5.74) is 2.01. The molecule has 21 heavy (non-hydrogen) atoms. The molecule has 1 aliphatic rings. The van der Waals surface area contributed by atoms with Crippen LogP contribution in [-0.4, -0.2) is 19.3 Å². The summed E-state index contributed by atoms with van der Waals surface area (Å²) in [4.78, 5) is 0. The fourth-order valence-electron chi connectivity index (χ4n) is 2.21. The first kappa shape index (κ1) is 14.5. The van der Waals surface area contributed by atoms with E-state index in [1.165, 1.54) is 0 Å². The van der Waals surface area contributed by atoms with Crippen LogP contribution in [0.15, 0.2) is 54.6 Å². The van der Waals surface area contributed by atoms with Crippen molar-refractivity contribution in [2.45, 2.75) is 19.0 Å². The molecule has 3 nitrogen and oxygen atoms in total. The van der Waals surface area contributed by atoms with Crippen LogP contribution in [0.2, 0.25) is 5.02 Å². The van der Waals surface area contributed by atoms with E-state index in [0.717, 1.165) is 16.1 Å². The van der Waals surface area contributed by atoms with Gasteiger partial charge in [-0.05, 0) is 11.6 Å². The van der Waals surface area contributed by atoms with Crippen LogP contribution >= 0.6 is 11.6 Å². The van der Waals surface area contributed by atoms with E-state index in [4.69, 9.17) is 25.8 Å². The predicted molar refractivity (Wildman–Crippen MR) is 81.1 cm³/mol. The molecule has 0 aliphatic carbocycles. The van der Waals surface area contributed by atoms with Crippen molar-refractivity contribution in [1.29, 1.82) is 0 Å². The number of hydrogen-bond acceptors (Lipinski definition) is 3. The monoisotopic (exact) mass is 304 g/mol. The minimum absolute atomic E-state index is 0.0683. The van der Waals surface area contributed by atoms with Crippen molar-refractivity contribution >= 4 is 11.6 Å². The van der Waals surface area contributed by atoms with Gasteiger partial charge in [0.2, 0.25) is 0 Å². The molecule has 0 unspecified atom stereocenters. The molecule has 1 saturated heterocycles. The van der Waals surface area contributed by atoms with Crippen molar-refractivity contribution in [1.82, 2.24) is 0 Å². The Morgan fingerprint density at radius 2 is 1.62 bits per heavy atom. The smallest absolute Gasteiger partial charge is 0.184 e. The molecule has 1 heterocycles. The van der Waals surface area contributed by atoms with Crippen molar-refractivity contribution in [2.24, 2.45) is 0 Å². The van der Waals surface area contributed by atoms with Crippen molar-refractivity contribution in [3.8, 4) is 0 Å². The predicted octanol–water partition coefficient (Wildman–Crippen LogP) is 3.97. The molecule has 0 radical (unpaired) electrons. The third kappa shape index (κ3) is 3.83.